The number of carbonyl (C=O) groups excluding carboxylic acids is 1. The minimum absolute atomic E-state index is 0.0389. The molecule has 0 spiro atoms. The first-order valence-electron chi connectivity index (χ1n) is 6.09. The van der Waals surface area contributed by atoms with Gasteiger partial charge < -0.3 is 10.0 Å². The number of amides is 1. The van der Waals surface area contributed by atoms with Crippen LogP contribution in [0, 0.1) is 11.8 Å². The second-order valence-corrected chi connectivity index (χ2v) is 4.96. The van der Waals surface area contributed by atoms with Crippen molar-refractivity contribution in [2.75, 3.05) is 13.7 Å². The Bertz CT molecular complexity index is 452. The zero-order valence-electron chi connectivity index (χ0n) is 11.1. The number of thiophene rings is 1. The summed E-state index contributed by atoms with van der Waals surface area (Å²) in [5.41, 5.74) is 0.677. The van der Waals surface area contributed by atoms with E-state index in [2.05, 4.69) is 25.7 Å². The van der Waals surface area contributed by atoms with E-state index in [1.807, 2.05) is 12.4 Å². The summed E-state index contributed by atoms with van der Waals surface area (Å²) in [7, 11) is 1.84. The van der Waals surface area contributed by atoms with Crippen molar-refractivity contribution in [3.05, 3.63) is 21.9 Å². The summed E-state index contributed by atoms with van der Waals surface area (Å²) in [5.74, 6) is 5.43. The highest BCUT2D eigenvalue weighted by molar-refractivity contribution is 7.10. The van der Waals surface area contributed by atoms with Gasteiger partial charge in [-0.2, -0.15) is 0 Å². The number of hydrogen-bond acceptors (Lipinski definition) is 3. The fraction of sp³-hybridized carbons (Fsp3) is 0.500. The van der Waals surface area contributed by atoms with Crippen LogP contribution in [0.1, 0.15) is 41.9 Å². The quantitative estimate of drug-likeness (QED) is 0.849. The van der Waals surface area contributed by atoms with Gasteiger partial charge in [-0.15, -0.1) is 11.3 Å². The van der Waals surface area contributed by atoms with Crippen molar-refractivity contribution in [1.29, 1.82) is 0 Å². The topological polar surface area (TPSA) is 40.5 Å². The van der Waals surface area contributed by atoms with Crippen LogP contribution in [0.3, 0.4) is 0 Å². The predicted octanol–water partition coefficient (Wildman–Crippen LogP) is 2.35. The van der Waals surface area contributed by atoms with Gasteiger partial charge in [0.1, 0.15) is 6.61 Å². The highest BCUT2D eigenvalue weighted by Gasteiger charge is 2.19. The highest BCUT2D eigenvalue weighted by Crippen LogP contribution is 2.17. The smallest absolute Gasteiger partial charge is 0.254 e. The molecule has 1 rings (SSSR count). The lowest BCUT2D eigenvalue weighted by atomic mass is 10.1. The molecule has 1 amide bonds. The largest absolute Gasteiger partial charge is 0.384 e. The number of aliphatic hydroxyl groups is 1. The van der Waals surface area contributed by atoms with Crippen molar-refractivity contribution in [3.63, 3.8) is 0 Å². The number of aliphatic hydroxyl groups excluding tert-OH is 1. The molecular formula is C14H19NO2S. The molecule has 0 aliphatic heterocycles. The molecule has 0 aromatic carbocycles. The second kappa shape index (κ2) is 7.20. The van der Waals surface area contributed by atoms with E-state index in [0.29, 0.717) is 5.56 Å². The molecule has 4 heteroatoms. The standard InChI is InChI=1S/C14H19NO2S/c1-4-12(5-2)15(3)14(17)11-9-13(18-10-11)7-6-8-16/h9-10,12,16H,4-5,8H2,1-3H3. The van der Waals surface area contributed by atoms with Crippen molar-refractivity contribution in [1.82, 2.24) is 4.90 Å². The van der Waals surface area contributed by atoms with Gasteiger partial charge in [-0.25, -0.2) is 0 Å². The maximum atomic E-state index is 12.2. The number of carbonyl (C=O) groups is 1. The molecule has 98 valence electrons. The van der Waals surface area contributed by atoms with Crippen LogP contribution in [0.2, 0.25) is 0 Å². The molecule has 0 aliphatic rings. The van der Waals surface area contributed by atoms with Crippen molar-refractivity contribution in [3.8, 4) is 11.8 Å². The third-order valence-electron chi connectivity index (χ3n) is 2.95. The van der Waals surface area contributed by atoms with Crippen LogP contribution in [-0.4, -0.2) is 35.6 Å². The van der Waals surface area contributed by atoms with Gasteiger partial charge in [0.25, 0.3) is 5.91 Å². The summed E-state index contributed by atoms with van der Waals surface area (Å²) in [6, 6.07) is 2.07. The van der Waals surface area contributed by atoms with Gasteiger partial charge in [-0.05, 0) is 18.9 Å². The third-order valence-corrected chi connectivity index (χ3v) is 3.79. The first kappa shape index (κ1) is 14.7. The fourth-order valence-corrected chi connectivity index (χ4v) is 2.60. The molecule has 1 N–H and O–H groups in total. The lowest BCUT2D eigenvalue weighted by Crippen LogP contribution is -2.36. The first-order chi connectivity index (χ1) is 8.63. The first-order valence-corrected chi connectivity index (χ1v) is 6.97. The summed E-state index contributed by atoms with van der Waals surface area (Å²) in [5, 5.41) is 10.4. The molecular weight excluding hydrogens is 246 g/mol. The Morgan fingerprint density at radius 2 is 2.17 bits per heavy atom. The maximum Gasteiger partial charge on any atom is 0.254 e. The van der Waals surface area contributed by atoms with E-state index in [-0.39, 0.29) is 18.6 Å². The van der Waals surface area contributed by atoms with Crippen molar-refractivity contribution in [2.24, 2.45) is 0 Å². The molecule has 1 aromatic heterocycles. The summed E-state index contributed by atoms with van der Waals surface area (Å²) in [6.07, 6.45) is 1.92. The van der Waals surface area contributed by atoms with E-state index in [9.17, 15) is 4.79 Å². The lowest BCUT2D eigenvalue weighted by molar-refractivity contribution is 0.0724. The van der Waals surface area contributed by atoms with Crippen LogP contribution in [0.4, 0.5) is 0 Å². The summed E-state index contributed by atoms with van der Waals surface area (Å²) >= 11 is 1.43. The number of hydrogen-bond donors (Lipinski definition) is 1. The maximum absolute atomic E-state index is 12.2. The number of nitrogens with zero attached hydrogens (tertiary/aromatic N) is 1. The minimum atomic E-state index is -0.158. The zero-order valence-corrected chi connectivity index (χ0v) is 11.9. The van der Waals surface area contributed by atoms with Crippen LogP contribution in [0.15, 0.2) is 11.4 Å². The predicted molar refractivity (Wildman–Crippen MR) is 74.7 cm³/mol. The van der Waals surface area contributed by atoms with Gasteiger partial charge in [0.05, 0.1) is 10.4 Å². The Balaban J connectivity index is 2.81. The lowest BCUT2D eigenvalue weighted by Gasteiger charge is -2.25. The van der Waals surface area contributed by atoms with Gasteiger partial charge in [-0.3, -0.25) is 4.79 Å². The highest BCUT2D eigenvalue weighted by atomic mass is 32.1. The van der Waals surface area contributed by atoms with Crippen LogP contribution in [0.25, 0.3) is 0 Å². The van der Waals surface area contributed by atoms with Gasteiger partial charge in [0, 0.05) is 18.5 Å². The molecule has 0 saturated heterocycles. The molecule has 1 heterocycles. The van der Waals surface area contributed by atoms with E-state index in [1.54, 1.807) is 11.0 Å². The third kappa shape index (κ3) is 3.59. The van der Waals surface area contributed by atoms with Crippen LogP contribution in [-0.2, 0) is 0 Å². The Morgan fingerprint density at radius 3 is 2.72 bits per heavy atom. The average Bonchev–Trinajstić information content (AvgIpc) is 2.85. The summed E-state index contributed by atoms with van der Waals surface area (Å²) in [4.78, 5) is 14.8. The molecule has 1 aromatic rings. The van der Waals surface area contributed by atoms with Gasteiger partial charge in [0.15, 0.2) is 0 Å². The fourth-order valence-electron chi connectivity index (χ4n) is 1.85. The molecule has 3 nitrogen and oxygen atoms in total. The van der Waals surface area contributed by atoms with E-state index in [0.717, 1.165) is 17.7 Å². The van der Waals surface area contributed by atoms with E-state index < -0.39 is 0 Å². The van der Waals surface area contributed by atoms with E-state index in [1.165, 1.54) is 11.3 Å². The Hall–Kier alpha value is -1.31. The molecule has 0 bridgehead atoms. The molecule has 0 atom stereocenters. The normalized spacial score (nSPS) is 10.1. The second-order valence-electron chi connectivity index (χ2n) is 4.05. The molecule has 0 unspecified atom stereocenters. The van der Waals surface area contributed by atoms with Gasteiger partial charge >= 0.3 is 0 Å². The SMILES string of the molecule is CCC(CC)N(C)C(=O)c1csc(C#CCO)c1. The minimum Gasteiger partial charge on any atom is -0.384 e. The van der Waals surface area contributed by atoms with E-state index >= 15 is 0 Å². The van der Waals surface area contributed by atoms with Crippen LogP contribution < -0.4 is 0 Å². The molecule has 0 fully saturated rings. The summed E-state index contributed by atoms with van der Waals surface area (Å²) in [6.45, 7) is 4.02. The monoisotopic (exact) mass is 265 g/mol. The number of rotatable bonds is 4. The van der Waals surface area contributed by atoms with Crippen LogP contribution in [0.5, 0.6) is 0 Å². The van der Waals surface area contributed by atoms with Crippen molar-refractivity contribution >= 4 is 17.2 Å². The van der Waals surface area contributed by atoms with E-state index in [4.69, 9.17) is 5.11 Å². The Kier molecular flexibility index (Phi) is 5.90. The average molecular weight is 265 g/mol. The Morgan fingerprint density at radius 1 is 1.50 bits per heavy atom. The summed E-state index contributed by atoms with van der Waals surface area (Å²) < 4.78 is 0. The van der Waals surface area contributed by atoms with Gasteiger partial charge in [0.2, 0.25) is 0 Å². The Labute approximate surface area is 112 Å². The van der Waals surface area contributed by atoms with Gasteiger partial charge in [-0.1, -0.05) is 25.7 Å². The van der Waals surface area contributed by atoms with Crippen molar-refractivity contribution < 1.29 is 9.90 Å². The van der Waals surface area contributed by atoms with Crippen LogP contribution >= 0.6 is 11.3 Å². The molecule has 0 saturated carbocycles. The molecule has 18 heavy (non-hydrogen) atoms. The molecule has 0 aliphatic carbocycles. The molecule has 0 radical (unpaired) electrons. The zero-order chi connectivity index (χ0) is 13.5. The van der Waals surface area contributed by atoms with Crippen molar-refractivity contribution in [2.45, 2.75) is 32.7 Å².